The van der Waals surface area contributed by atoms with Gasteiger partial charge >= 0.3 is 12.0 Å². The van der Waals surface area contributed by atoms with Crippen molar-refractivity contribution in [2.75, 3.05) is 18.5 Å². The molecule has 3 rings (SSSR count). The van der Waals surface area contributed by atoms with Crippen LogP contribution in [0.2, 0.25) is 0 Å². The highest BCUT2D eigenvalue weighted by Gasteiger charge is 2.52. The van der Waals surface area contributed by atoms with Gasteiger partial charge in [0.1, 0.15) is 17.8 Å². The van der Waals surface area contributed by atoms with Crippen molar-refractivity contribution in [2.45, 2.75) is 25.3 Å². The number of aliphatic carboxylic acids is 1. The van der Waals surface area contributed by atoms with Crippen LogP contribution in [0.25, 0.3) is 0 Å². The lowest BCUT2D eigenvalue weighted by atomic mass is 9.85. The van der Waals surface area contributed by atoms with Gasteiger partial charge in [0.15, 0.2) is 0 Å². The summed E-state index contributed by atoms with van der Waals surface area (Å²) < 4.78 is 5.47. The van der Waals surface area contributed by atoms with Crippen molar-refractivity contribution >= 4 is 29.5 Å². The number of anilines is 1. The predicted octanol–water partition coefficient (Wildman–Crippen LogP) is 2.34. The summed E-state index contributed by atoms with van der Waals surface area (Å²) in [7, 11) is 0. The number of para-hydroxylation sites is 2. The van der Waals surface area contributed by atoms with Gasteiger partial charge in [-0.1, -0.05) is 42.5 Å². The number of nitrogens with zero attached hydrogens (tertiary/aromatic N) is 1. The van der Waals surface area contributed by atoms with Crippen molar-refractivity contribution in [2.24, 2.45) is 0 Å². The molecule has 1 aliphatic rings. The molecular weight excluding hydrogens is 402 g/mol. The third kappa shape index (κ3) is 4.66. The maximum atomic E-state index is 13.3. The van der Waals surface area contributed by atoms with Crippen LogP contribution in [-0.2, 0) is 19.9 Å². The first-order chi connectivity index (χ1) is 14.9. The van der Waals surface area contributed by atoms with E-state index in [2.05, 4.69) is 10.6 Å². The van der Waals surface area contributed by atoms with E-state index < -0.39 is 35.9 Å². The second-order valence-corrected chi connectivity index (χ2v) is 6.96. The van der Waals surface area contributed by atoms with Crippen molar-refractivity contribution in [3.05, 3.63) is 60.2 Å². The molecular formula is C22H23N3O6. The molecule has 1 atom stereocenters. The molecule has 0 unspecified atom stereocenters. The van der Waals surface area contributed by atoms with Gasteiger partial charge in [-0.15, -0.1) is 0 Å². The first-order valence-electron chi connectivity index (χ1n) is 9.80. The lowest BCUT2D eigenvalue weighted by Crippen LogP contribution is -2.45. The van der Waals surface area contributed by atoms with Crippen molar-refractivity contribution in [3.8, 4) is 5.75 Å². The van der Waals surface area contributed by atoms with Gasteiger partial charge in [-0.3, -0.25) is 19.3 Å². The maximum absolute atomic E-state index is 13.3. The van der Waals surface area contributed by atoms with Gasteiger partial charge in [0, 0.05) is 6.42 Å². The number of nitrogens with one attached hydrogen (secondary N) is 2. The number of hydrogen-bond acceptors (Lipinski definition) is 5. The number of carboxylic acids is 1. The Labute approximate surface area is 179 Å². The SMILES string of the molecule is CCOc1ccccc1NC(=O)CN1C(=O)N[C@@](CCC(=O)O)(c2ccccc2)C1=O. The van der Waals surface area contributed by atoms with Crippen LogP contribution >= 0.6 is 0 Å². The number of benzene rings is 2. The Morgan fingerprint density at radius 3 is 2.45 bits per heavy atom. The molecule has 0 aromatic heterocycles. The van der Waals surface area contributed by atoms with Crippen molar-refractivity contribution in [1.29, 1.82) is 0 Å². The van der Waals surface area contributed by atoms with Crippen LogP contribution in [0.1, 0.15) is 25.3 Å². The highest BCUT2D eigenvalue weighted by Crippen LogP contribution is 2.34. The lowest BCUT2D eigenvalue weighted by Gasteiger charge is -2.26. The van der Waals surface area contributed by atoms with E-state index in [1.54, 1.807) is 54.6 Å². The van der Waals surface area contributed by atoms with Gasteiger partial charge in [0.05, 0.1) is 12.3 Å². The number of carboxylic acid groups (broad SMARTS) is 1. The van der Waals surface area contributed by atoms with Gasteiger partial charge in [0.25, 0.3) is 5.91 Å². The summed E-state index contributed by atoms with van der Waals surface area (Å²) in [5, 5.41) is 14.4. The summed E-state index contributed by atoms with van der Waals surface area (Å²) >= 11 is 0. The van der Waals surface area contributed by atoms with Crippen molar-refractivity contribution in [1.82, 2.24) is 10.2 Å². The number of ether oxygens (including phenoxy) is 1. The summed E-state index contributed by atoms with van der Waals surface area (Å²) in [6, 6.07) is 14.5. The minimum absolute atomic E-state index is 0.137. The molecule has 162 valence electrons. The maximum Gasteiger partial charge on any atom is 0.325 e. The van der Waals surface area contributed by atoms with E-state index in [0.29, 0.717) is 23.6 Å². The smallest absolute Gasteiger partial charge is 0.325 e. The van der Waals surface area contributed by atoms with Crippen LogP contribution in [0.3, 0.4) is 0 Å². The topological polar surface area (TPSA) is 125 Å². The Morgan fingerprint density at radius 1 is 1.10 bits per heavy atom. The van der Waals surface area contributed by atoms with Gasteiger partial charge in [-0.05, 0) is 31.0 Å². The summed E-state index contributed by atoms with van der Waals surface area (Å²) in [4.78, 5) is 50.4. The van der Waals surface area contributed by atoms with Crippen LogP contribution in [0, 0.1) is 0 Å². The standard InChI is InChI=1S/C22H23N3O6/c1-2-31-17-11-7-6-10-16(17)23-18(26)14-25-20(29)22(24-21(25)30,13-12-19(27)28)15-8-4-3-5-9-15/h3-11H,2,12-14H2,1H3,(H,23,26)(H,24,30)(H,27,28)/t22-/m0/s1. The van der Waals surface area contributed by atoms with Crippen LogP contribution in [0.4, 0.5) is 10.5 Å². The highest BCUT2D eigenvalue weighted by atomic mass is 16.5. The van der Waals surface area contributed by atoms with Crippen LogP contribution in [0.5, 0.6) is 5.75 Å². The van der Waals surface area contributed by atoms with Crippen LogP contribution in [0.15, 0.2) is 54.6 Å². The fraction of sp³-hybridized carbons (Fsp3) is 0.273. The molecule has 0 radical (unpaired) electrons. The summed E-state index contributed by atoms with van der Waals surface area (Å²) in [5.41, 5.74) is -0.666. The Balaban J connectivity index is 1.81. The second kappa shape index (κ2) is 9.29. The number of carbonyl (C=O) groups excluding carboxylic acids is 3. The van der Waals surface area contributed by atoms with Gasteiger partial charge in [-0.25, -0.2) is 4.79 Å². The number of carbonyl (C=O) groups is 4. The number of rotatable bonds is 9. The Kier molecular flexibility index (Phi) is 6.54. The number of amides is 4. The van der Waals surface area contributed by atoms with Gasteiger partial charge in [-0.2, -0.15) is 0 Å². The quantitative estimate of drug-likeness (QED) is 0.530. The van der Waals surface area contributed by atoms with Crippen molar-refractivity contribution < 1.29 is 29.0 Å². The molecule has 9 heteroatoms. The number of hydrogen-bond donors (Lipinski definition) is 3. The molecule has 2 aromatic rings. The zero-order valence-electron chi connectivity index (χ0n) is 17.0. The van der Waals surface area contributed by atoms with Gasteiger partial charge < -0.3 is 20.5 Å². The molecule has 1 fully saturated rings. The van der Waals surface area contributed by atoms with E-state index in [9.17, 15) is 19.2 Å². The molecule has 1 aliphatic heterocycles. The third-order valence-corrected chi connectivity index (χ3v) is 4.92. The van der Waals surface area contributed by atoms with E-state index in [-0.39, 0.29) is 12.8 Å². The molecule has 0 spiro atoms. The summed E-state index contributed by atoms with van der Waals surface area (Å²) in [6.07, 6.45) is -0.467. The van der Waals surface area contributed by atoms with Crippen LogP contribution < -0.4 is 15.4 Å². The van der Waals surface area contributed by atoms with E-state index >= 15 is 0 Å². The molecule has 2 aromatic carbocycles. The van der Waals surface area contributed by atoms with Crippen molar-refractivity contribution in [3.63, 3.8) is 0 Å². The summed E-state index contributed by atoms with van der Waals surface area (Å²) in [5.74, 6) is -1.88. The van der Waals surface area contributed by atoms with E-state index in [1.165, 1.54) is 0 Å². The lowest BCUT2D eigenvalue weighted by molar-refractivity contribution is -0.138. The molecule has 9 nitrogen and oxygen atoms in total. The molecule has 4 amide bonds. The Morgan fingerprint density at radius 2 is 1.77 bits per heavy atom. The monoisotopic (exact) mass is 425 g/mol. The molecule has 0 bridgehead atoms. The Hall–Kier alpha value is -3.88. The summed E-state index contributed by atoms with van der Waals surface area (Å²) in [6.45, 7) is 1.70. The molecule has 1 saturated heterocycles. The normalized spacial score (nSPS) is 17.9. The zero-order chi connectivity index (χ0) is 22.4. The minimum Gasteiger partial charge on any atom is -0.492 e. The highest BCUT2D eigenvalue weighted by molar-refractivity contribution is 6.10. The molecule has 0 saturated carbocycles. The van der Waals surface area contributed by atoms with Gasteiger partial charge in [0.2, 0.25) is 5.91 Å². The largest absolute Gasteiger partial charge is 0.492 e. The number of imide groups is 1. The first kappa shape index (κ1) is 21.8. The second-order valence-electron chi connectivity index (χ2n) is 6.96. The van der Waals surface area contributed by atoms with E-state index in [0.717, 1.165) is 4.90 Å². The van der Waals surface area contributed by atoms with Crippen LogP contribution in [-0.4, -0.2) is 47.0 Å². The van der Waals surface area contributed by atoms with E-state index in [4.69, 9.17) is 9.84 Å². The predicted molar refractivity (Wildman–Crippen MR) is 111 cm³/mol. The molecule has 3 N–H and O–H groups in total. The first-order valence-corrected chi connectivity index (χ1v) is 9.80. The average Bonchev–Trinajstić information content (AvgIpc) is 2.99. The van der Waals surface area contributed by atoms with E-state index in [1.807, 2.05) is 6.92 Å². The average molecular weight is 425 g/mol. The molecule has 1 heterocycles. The fourth-order valence-electron chi connectivity index (χ4n) is 3.48. The molecule has 31 heavy (non-hydrogen) atoms. The number of urea groups is 1. The third-order valence-electron chi connectivity index (χ3n) is 4.92. The fourth-order valence-corrected chi connectivity index (χ4v) is 3.48. The zero-order valence-corrected chi connectivity index (χ0v) is 17.0. The Bertz CT molecular complexity index is 994. The minimum atomic E-state index is -1.54. The molecule has 0 aliphatic carbocycles.